The van der Waals surface area contributed by atoms with Gasteiger partial charge in [-0.05, 0) is 36.8 Å². The highest BCUT2D eigenvalue weighted by Crippen LogP contribution is 2.29. The van der Waals surface area contributed by atoms with Crippen molar-refractivity contribution in [1.29, 1.82) is 0 Å². The van der Waals surface area contributed by atoms with Gasteiger partial charge in [0, 0.05) is 13.7 Å². The van der Waals surface area contributed by atoms with E-state index in [9.17, 15) is 27.6 Å². The van der Waals surface area contributed by atoms with Gasteiger partial charge in [-0.2, -0.15) is 23.0 Å². The van der Waals surface area contributed by atoms with E-state index in [0.29, 0.717) is 5.69 Å². The third kappa shape index (κ3) is 5.55. The number of carbonyl (C=O) groups is 1. The second-order valence-electron chi connectivity index (χ2n) is 7.21. The molecule has 0 bridgehead atoms. The number of nitrogens with one attached hydrogen (secondary N) is 1. The third-order valence-electron chi connectivity index (χ3n) is 4.77. The molecule has 0 unspecified atom stereocenters. The molecule has 0 aliphatic heterocycles. The molecule has 11 heteroatoms. The van der Waals surface area contributed by atoms with Crippen molar-refractivity contribution < 1.29 is 22.7 Å². The number of rotatable bonds is 7. The minimum Gasteiger partial charge on any atom is -0.383 e. The lowest BCUT2D eigenvalue weighted by atomic mass is 10.1. The van der Waals surface area contributed by atoms with Gasteiger partial charge in [-0.3, -0.25) is 14.2 Å². The Labute approximate surface area is 186 Å². The SMILES string of the molecule is COCCNC(=O)c1nn(-c2ccc(C)cc2)c(=O)n(Cc2ccc(C(F)(F)F)cc2)c1=O. The van der Waals surface area contributed by atoms with Gasteiger partial charge in [0.2, 0.25) is 5.69 Å². The summed E-state index contributed by atoms with van der Waals surface area (Å²) in [6, 6.07) is 10.7. The molecular weight excluding hydrogens is 441 g/mol. The van der Waals surface area contributed by atoms with E-state index in [1.54, 1.807) is 24.3 Å². The van der Waals surface area contributed by atoms with Crippen LogP contribution >= 0.6 is 0 Å². The normalized spacial score (nSPS) is 11.4. The number of hydrogen-bond acceptors (Lipinski definition) is 5. The van der Waals surface area contributed by atoms with E-state index >= 15 is 0 Å². The maximum Gasteiger partial charge on any atom is 0.416 e. The Bertz CT molecular complexity index is 1250. The standard InChI is InChI=1S/C22H21F3N4O4/c1-14-3-9-17(10-4-14)29-21(32)28(13-15-5-7-16(8-6-15)22(23,24)25)20(31)18(27-29)19(30)26-11-12-33-2/h3-10H,11-13H2,1-2H3,(H,26,30). The smallest absolute Gasteiger partial charge is 0.383 e. The number of halogens is 3. The first kappa shape index (κ1) is 23.9. The Balaban J connectivity index is 2.09. The van der Waals surface area contributed by atoms with Crippen LogP contribution in [-0.4, -0.2) is 40.5 Å². The van der Waals surface area contributed by atoms with Gasteiger partial charge in [-0.15, -0.1) is 0 Å². The van der Waals surface area contributed by atoms with Gasteiger partial charge in [0.1, 0.15) is 0 Å². The Morgan fingerprint density at radius 1 is 1.06 bits per heavy atom. The molecule has 0 atom stereocenters. The number of carbonyl (C=O) groups excluding carboxylic acids is 1. The first-order chi connectivity index (χ1) is 15.6. The van der Waals surface area contributed by atoms with Crippen LogP contribution in [0.3, 0.4) is 0 Å². The molecule has 1 heterocycles. The predicted molar refractivity (Wildman–Crippen MR) is 114 cm³/mol. The number of nitrogens with zero attached hydrogens (tertiary/aromatic N) is 3. The summed E-state index contributed by atoms with van der Waals surface area (Å²) in [5.74, 6) is -0.806. The number of benzene rings is 2. The van der Waals surface area contributed by atoms with Crippen LogP contribution < -0.4 is 16.6 Å². The Morgan fingerprint density at radius 2 is 1.70 bits per heavy atom. The molecule has 2 aromatic carbocycles. The lowest BCUT2D eigenvalue weighted by molar-refractivity contribution is -0.137. The average Bonchev–Trinajstić information content (AvgIpc) is 2.77. The molecule has 0 saturated heterocycles. The van der Waals surface area contributed by atoms with E-state index in [1.165, 1.54) is 19.2 Å². The van der Waals surface area contributed by atoms with Crippen molar-refractivity contribution in [3.05, 3.63) is 91.8 Å². The zero-order chi connectivity index (χ0) is 24.2. The van der Waals surface area contributed by atoms with Crippen LogP contribution in [0.15, 0.2) is 58.1 Å². The van der Waals surface area contributed by atoms with Crippen LogP contribution in [0.1, 0.15) is 27.2 Å². The summed E-state index contributed by atoms with van der Waals surface area (Å²) in [5, 5.41) is 6.45. The molecule has 3 rings (SSSR count). The molecular formula is C22H21F3N4O4. The van der Waals surface area contributed by atoms with Crippen molar-refractivity contribution in [2.24, 2.45) is 0 Å². The number of ether oxygens (including phenoxy) is 1. The van der Waals surface area contributed by atoms with Crippen molar-refractivity contribution >= 4 is 5.91 Å². The van der Waals surface area contributed by atoms with Crippen molar-refractivity contribution in [2.75, 3.05) is 20.3 Å². The predicted octanol–water partition coefficient (Wildman–Crippen LogP) is 2.15. The molecule has 0 radical (unpaired) electrons. The second kappa shape index (κ2) is 9.82. The lowest BCUT2D eigenvalue weighted by Crippen LogP contribution is -2.46. The molecule has 174 valence electrons. The van der Waals surface area contributed by atoms with E-state index < -0.39 is 34.6 Å². The molecule has 8 nitrogen and oxygen atoms in total. The number of methoxy groups -OCH3 is 1. The zero-order valence-corrected chi connectivity index (χ0v) is 17.8. The fourth-order valence-corrected chi connectivity index (χ4v) is 2.98. The van der Waals surface area contributed by atoms with Gasteiger partial charge in [0.25, 0.3) is 11.5 Å². The van der Waals surface area contributed by atoms with E-state index in [0.717, 1.165) is 26.9 Å². The molecule has 1 aromatic heterocycles. The third-order valence-corrected chi connectivity index (χ3v) is 4.77. The first-order valence-corrected chi connectivity index (χ1v) is 9.86. The molecule has 0 aliphatic rings. The van der Waals surface area contributed by atoms with Crippen molar-refractivity contribution in [1.82, 2.24) is 19.7 Å². The summed E-state index contributed by atoms with van der Waals surface area (Å²) in [7, 11) is 1.44. The largest absolute Gasteiger partial charge is 0.416 e. The van der Waals surface area contributed by atoms with Crippen LogP contribution in [0.5, 0.6) is 0 Å². The highest BCUT2D eigenvalue weighted by atomic mass is 19.4. The van der Waals surface area contributed by atoms with Crippen LogP contribution in [-0.2, 0) is 17.5 Å². The highest BCUT2D eigenvalue weighted by molar-refractivity contribution is 5.91. The summed E-state index contributed by atoms with van der Waals surface area (Å²) in [6.07, 6.45) is -4.52. The number of aromatic nitrogens is 3. The van der Waals surface area contributed by atoms with Gasteiger partial charge in [-0.25, -0.2) is 4.79 Å². The van der Waals surface area contributed by atoms with Crippen LogP contribution in [0, 0.1) is 6.92 Å². The second-order valence-corrected chi connectivity index (χ2v) is 7.21. The topological polar surface area (TPSA) is 95.2 Å². The van der Waals surface area contributed by atoms with Crippen molar-refractivity contribution in [3.8, 4) is 5.69 Å². The number of alkyl halides is 3. The van der Waals surface area contributed by atoms with E-state index in [2.05, 4.69) is 10.4 Å². The van der Waals surface area contributed by atoms with E-state index in [-0.39, 0.29) is 25.3 Å². The Hall–Kier alpha value is -3.73. The average molecular weight is 462 g/mol. The van der Waals surface area contributed by atoms with Crippen molar-refractivity contribution in [3.63, 3.8) is 0 Å². The van der Waals surface area contributed by atoms with Crippen molar-refractivity contribution in [2.45, 2.75) is 19.6 Å². The molecule has 0 aliphatic carbocycles. The lowest BCUT2D eigenvalue weighted by Gasteiger charge is -2.13. The summed E-state index contributed by atoms with van der Waals surface area (Å²) in [4.78, 5) is 38.6. The quantitative estimate of drug-likeness (QED) is 0.543. The molecule has 0 saturated carbocycles. The summed E-state index contributed by atoms with van der Waals surface area (Å²) in [6.45, 7) is 1.81. The first-order valence-electron chi connectivity index (χ1n) is 9.86. The minimum absolute atomic E-state index is 0.110. The number of aryl methyl sites for hydroxylation is 1. The number of hydrogen-bond donors (Lipinski definition) is 1. The molecule has 1 N–H and O–H groups in total. The number of amides is 1. The van der Waals surface area contributed by atoms with E-state index in [1.807, 2.05) is 6.92 Å². The monoisotopic (exact) mass is 462 g/mol. The molecule has 3 aromatic rings. The van der Waals surface area contributed by atoms with Gasteiger partial charge in [0.05, 0.1) is 24.4 Å². The summed E-state index contributed by atoms with van der Waals surface area (Å²) >= 11 is 0. The summed E-state index contributed by atoms with van der Waals surface area (Å²) in [5.41, 5.74) is -1.67. The van der Waals surface area contributed by atoms with Gasteiger partial charge >= 0.3 is 11.9 Å². The van der Waals surface area contributed by atoms with Gasteiger partial charge in [-0.1, -0.05) is 29.8 Å². The maximum absolute atomic E-state index is 13.1. The fraction of sp³-hybridized carbons (Fsp3) is 0.273. The maximum atomic E-state index is 13.1. The highest BCUT2D eigenvalue weighted by Gasteiger charge is 2.30. The molecule has 0 spiro atoms. The van der Waals surface area contributed by atoms with Gasteiger partial charge < -0.3 is 10.1 Å². The fourth-order valence-electron chi connectivity index (χ4n) is 2.98. The van der Waals surface area contributed by atoms with Crippen LogP contribution in [0.25, 0.3) is 5.69 Å². The Kier molecular flexibility index (Phi) is 7.12. The van der Waals surface area contributed by atoms with Crippen LogP contribution in [0.4, 0.5) is 13.2 Å². The van der Waals surface area contributed by atoms with Crippen LogP contribution in [0.2, 0.25) is 0 Å². The molecule has 33 heavy (non-hydrogen) atoms. The summed E-state index contributed by atoms with van der Waals surface area (Å²) < 4.78 is 45.1. The van der Waals surface area contributed by atoms with E-state index in [4.69, 9.17) is 4.74 Å². The minimum atomic E-state index is -4.52. The van der Waals surface area contributed by atoms with Gasteiger partial charge in [0.15, 0.2) is 0 Å². The Morgan fingerprint density at radius 3 is 2.27 bits per heavy atom. The zero-order valence-electron chi connectivity index (χ0n) is 17.8. The molecule has 1 amide bonds. The molecule has 0 fully saturated rings.